The molecule has 0 aliphatic rings. The molecule has 1 aromatic carbocycles. The number of furan rings is 2. The average molecular weight is 318 g/mol. The molecule has 0 saturated heterocycles. The lowest BCUT2D eigenvalue weighted by Crippen LogP contribution is -1.93. The van der Waals surface area contributed by atoms with Gasteiger partial charge in [-0.15, -0.1) is 0 Å². The molecule has 4 rings (SSSR count). The first kappa shape index (κ1) is 14.1. The van der Waals surface area contributed by atoms with E-state index < -0.39 is 0 Å². The summed E-state index contributed by atoms with van der Waals surface area (Å²) < 4.78 is 10.4. The van der Waals surface area contributed by atoms with Crippen LogP contribution in [0.1, 0.15) is 0 Å². The van der Waals surface area contributed by atoms with Gasteiger partial charge in [-0.2, -0.15) is 0 Å². The third-order valence-electron chi connectivity index (χ3n) is 3.71. The van der Waals surface area contributed by atoms with E-state index in [2.05, 4.69) is 10.3 Å². The van der Waals surface area contributed by atoms with E-state index in [1.807, 2.05) is 30.3 Å². The van der Waals surface area contributed by atoms with Gasteiger partial charge in [0, 0.05) is 34.6 Å². The molecule has 0 spiro atoms. The molecule has 0 atom stereocenters. The zero-order valence-electron chi connectivity index (χ0n) is 12.6. The standard InChI is InChI=1S/C19H14N2O3/c22-18-9-16(21-15-2-1-5-20-10-15)8-17(13-3-6-23-11-13)19(18)14-4-7-24-12-14/h1-12,21-22H. The second kappa shape index (κ2) is 5.96. The van der Waals surface area contributed by atoms with Crippen LogP contribution in [0.15, 0.2) is 82.7 Å². The number of aromatic nitrogens is 1. The van der Waals surface area contributed by atoms with Crippen molar-refractivity contribution in [1.82, 2.24) is 4.98 Å². The first-order valence-electron chi connectivity index (χ1n) is 7.40. The molecule has 0 aliphatic carbocycles. The minimum atomic E-state index is 0.154. The van der Waals surface area contributed by atoms with Gasteiger partial charge < -0.3 is 19.3 Å². The Morgan fingerprint density at radius 3 is 2.38 bits per heavy atom. The normalized spacial score (nSPS) is 10.7. The summed E-state index contributed by atoms with van der Waals surface area (Å²) in [6.07, 6.45) is 9.86. The van der Waals surface area contributed by atoms with Gasteiger partial charge in [0.2, 0.25) is 0 Å². The SMILES string of the molecule is Oc1cc(Nc2cccnc2)cc(-c2ccoc2)c1-c1ccoc1. The highest BCUT2D eigenvalue weighted by Crippen LogP contribution is 2.41. The molecular weight excluding hydrogens is 304 g/mol. The van der Waals surface area contributed by atoms with Crippen molar-refractivity contribution in [2.45, 2.75) is 0 Å². The van der Waals surface area contributed by atoms with Gasteiger partial charge in [-0.05, 0) is 35.9 Å². The topological polar surface area (TPSA) is 71.4 Å². The molecule has 5 nitrogen and oxygen atoms in total. The molecule has 3 heterocycles. The Hall–Kier alpha value is -3.47. The summed E-state index contributed by atoms with van der Waals surface area (Å²) in [7, 11) is 0. The largest absolute Gasteiger partial charge is 0.507 e. The van der Waals surface area contributed by atoms with Crippen LogP contribution in [0.4, 0.5) is 11.4 Å². The van der Waals surface area contributed by atoms with E-state index in [1.54, 1.807) is 43.5 Å². The molecule has 0 amide bonds. The highest BCUT2D eigenvalue weighted by molar-refractivity contribution is 5.90. The van der Waals surface area contributed by atoms with Gasteiger partial charge in [0.05, 0.1) is 36.9 Å². The lowest BCUT2D eigenvalue weighted by Gasteiger charge is -2.13. The zero-order valence-corrected chi connectivity index (χ0v) is 12.6. The summed E-state index contributed by atoms with van der Waals surface area (Å²) in [5.41, 5.74) is 4.81. The molecule has 0 unspecified atom stereocenters. The maximum absolute atomic E-state index is 10.6. The number of hydrogen-bond donors (Lipinski definition) is 2. The molecule has 0 radical (unpaired) electrons. The number of nitrogens with zero attached hydrogens (tertiary/aromatic N) is 1. The van der Waals surface area contributed by atoms with Crippen molar-refractivity contribution in [2.24, 2.45) is 0 Å². The number of aromatic hydroxyl groups is 1. The van der Waals surface area contributed by atoms with Gasteiger partial charge in [-0.3, -0.25) is 4.98 Å². The van der Waals surface area contributed by atoms with E-state index in [4.69, 9.17) is 8.83 Å². The van der Waals surface area contributed by atoms with Crippen LogP contribution in [-0.4, -0.2) is 10.1 Å². The van der Waals surface area contributed by atoms with Crippen molar-refractivity contribution in [3.63, 3.8) is 0 Å². The fourth-order valence-electron chi connectivity index (χ4n) is 2.66. The number of benzene rings is 1. The summed E-state index contributed by atoms with van der Waals surface area (Å²) in [6, 6.07) is 11.1. The van der Waals surface area contributed by atoms with Crippen LogP contribution < -0.4 is 5.32 Å². The smallest absolute Gasteiger partial charge is 0.126 e. The van der Waals surface area contributed by atoms with Gasteiger partial charge in [-0.25, -0.2) is 0 Å². The third kappa shape index (κ3) is 2.63. The molecule has 0 aliphatic heterocycles. The van der Waals surface area contributed by atoms with Crippen LogP contribution >= 0.6 is 0 Å². The van der Waals surface area contributed by atoms with E-state index in [9.17, 15) is 5.11 Å². The third-order valence-corrected chi connectivity index (χ3v) is 3.71. The molecule has 0 bridgehead atoms. The van der Waals surface area contributed by atoms with E-state index in [0.29, 0.717) is 5.56 Å². The zero-order chi connectivity index (χ0) is 16.4. The summed E-state index contributed by atoms with van der Waals surface area (Å²) in [6.45, 7) is 0. The summed E-state index contributed by atoms with van der Waals surface area (Å²) in [5, 5.41) is 13.8. The van der Waals surface area contributed by atoms with Crippen molar-refractivity contribution in [2.75, 3.05) is 5.32 Å². The van der Waals surface area contributed by atoms with Crippen molar-refractivity contribution in [3.05, 3.63) is 73.8 Å². The second-order valence-corrected chi connectivity index (χ2v) is 5.31. The minimum absolute atomic E-state index is 0.154. The summed E-state index contributed by atoms with van der Waals surface area (Å²) in [4.78, 5) is 4.08. The Morgan fingerprint density at radius 2 is 1.71 bits per heavy atom. The summed E-state index contributed by atoms with van der Waals surface area (Å²) >= 11 is 0. The fourth-order valence-corrected chi connectivity index (χ4v) is 2.66. The predicted molar refractivity (Wildman–Crippen MR) is 91.0 cm³/mol. The molecular formula is C19H14N2O3. The second-order valence-electron chi connectivity index (χ2n) is 5.31. The average Bonchev–Trinajstić information content (AvgIpc) is 3.29. The van der Waals surface area contributed by atoms with Crippen LogP contribution in [-0.2, 0) is 0 Å². The molecule has 0 fully saturated rings. The van der Waals surface area contributed by atoms with Crippen LogP contribution in [0.2, 0.25) is 0 Å². The lowest BCUT2D eigenvalue weighted by molar-refractivity contribution is 0.477. The predicted octanol–water partition coefficient (Wildman–Crippen LogP) is 5.05. The van der Waals surface area contributed by atoms with Crippen molar-refractivity contribution >= 4 is 11.4 Å². The highest BCUT2D eigenvalue weighted by atomic mass is 16.3. The van der Waals surface area contributed by atoms with Crippen LogP contribution in [0, 0.1) is 0 Å². The highest BCUT2D eigenvalue weighted by Gasteiger charge is 2.16. The van der Waals surface area contributed by atoms with Crippen LogP contribution in [0.25, 0.3) is 22.3 Å². The van der Waals surface area contributed by atoms with Gasteiger partial charge in [0.25, 0.3) is 0 Å². The van der Waals surface area contributed by atoms with Crippen molar-refractivity contribution in [1.29, 1.82) is 0 Å². The molecule has 24 heavy (non-hydrogen) atoms. The molecule has 0 saturated carbocycles. The van der Waals surface area contributed by atoms with Crippen LogP contribution in [0.5, 0.6) is 5.75 Å². The Labute approximate surface area is 138 Å². The number of phenols is 1. The van der Waals surface area contributed by atoms with Crippen LogP contribution in [0.3, 0.4) is 0 Å². The maximum Gasteiger partial charge on any atom is 0.126 e. The lowest BCUT2D eigenvalue weighted by atomic mass is 9.96. The quantitative estimate of drug-likeness (QED) is 0.551. The van der Waals surface area contributed by atoms with E-state index in [-0.39, 0.29) is 5.75 Å². The van der Waals surface area contributed by atoms with Gasteiger partial charge in [0.15, 0.2) is 0 Å². The van der Waals surface area contributed by atoms with E-state index in [1.165, 1.54) is 0 Å². The molecule has 4 aromatic rings. The Bertz CT molecular complexity index is 930. The summed E-state index contributed by atoms with van der Waals surface area (Å²) in [5.74, 6) is 0.154. The van der Waals surface area contributed by atoms with E-state index in [0.717, 1.165) is 28.1 Å². The Morgan fingerprint density at radius 1 is 0.917 bits per heavy atom. The molecule has 2 N–H and O–H groups in total. The van der Waals surface area contributed by atoms with Gasteiger partial charge in [-0.1, -0.05) is 0 Å². The van der Waals surface area contributed by atoms with Gasteiger partial charge in [0.1, 0.15) is 5.75 Å². The monoisotopic (exact) mass is 318 g/mol. The van der Waals surface area contributed by atoms with Crippen molar-refractivity contribution in [3.8, 4) is 28.0 Å². The number of anilines is 2. The fraction of sp³-hybridized carbons (Fsp3) is 0. The number of hydrogen-bond acceptors (Lipinski definition) is 5. The Balaban J connectivity index is 1.84. The Kier molecular flexibility index (Phi) is 3.51. The first-order valence-corrected chi connectivity index (χ1v) is 7.40. The van der Waals surface area contributed by atoms with Gasteiger partial charge >= 0.3 is 0 Å². The number of pyridine rings is 1. The molecule has 5 heteroatoms. The number of nitrogens with one attached hydrogen (secondary N) is 1. The molecule has 3 aromatic heterocycles. The van der Waals surface area contributed by atoms with E-state index >= 15 is 0 Å². The number of rotatable bonds is 4. The molecule has 118 valence electrons. The minimum Gasteiger partial charge on any atom is -0.507 e. The first-order chi connectivity index (χ1) is 11.8. The maximum atomic E-state index is 10.6. The number of phenolic OH excluding ortho intramolecular Hbond substituents is 1. The van der Waals surface area contributed by atoms with Crippen molar-refractivity contribution < 1.29 is 13.9 Å².